The van der Waals surface area contributed by atoms with Crippen LogP contribution in [-0.2, 0) is 4.79 Å². The van der Waals surface area contributed by atoms with Crippen molar-refractivity contribution in [3.63, 3.8) is 0 Å². The number of amides is 1. The highest BCUT2D eigenvalue weighted by Gasteiger charge is 2.13. The molecule has 0 heterocycles. The van der Waals surface area contributed by atoms with Crippen molar-refractivity contribution in [2.45, 2.75) is 40.0 Å². The Bertz CT molecular complexity index is 446. The molecule has 98 valence electrons. The Kier molecular flexibility index (Phi) is 4.83. The van der Waals surface area contributed by atoms with Crippen LogP contribution in [0.2, 0.25) is 0 Å². The minimum absolute atomic E-state index is 0.0445. The molecule has 0 fully saturated rings. The number of aryl methyl sites for hydroxylation is 2. The lowest BCUT2D eigenvalue weighted by atomic mass is 10.1. The van der Waals surface area contributed by atoms with E-state index in [1.165, 1.54) is 12.1 Å². The van der Waals surface area contributed by atoms with Crippen LogP contribution in [0.4, 0.5) is 11.4 Å². The van der Waals surface area contributed by atoms with Crippen molar-refractivity contribution < 1.29 is 9.72 Å². The minimum atomic E-state index is -0.428. The fourth-order valence-corrected chi connectivity index (χ4v) is 1.78. The Morgan fingerprint density at radius 2 is 1.89 bits per heavy atom. The summed E-state index contributed by atoms with van der Waals surface area (Å²) in [5.41, 5.74) is 2.16. The van der Waals surface area contributed by atoms with Crippen molar-refractivity contribution in [2.75, 3.05) is 5.32 Å². The highest BCUT2D eigenvalue weighted by Crippen LogP contribution is 2.26. The zero-order valence-corrected chi connectivity index (χ0v) is 10.9. The van der Waals surface area contributed by atoms with E-state index in [1.54, 1.807) is 13.8 Å². The molecule has 5 heteroatoms. The number of hydrogen-bond acceptors (Lipinski definition) is 3. The molecule has 0 atom stereocenters. The number of non-ortho nitro benzene ring substituents is 1. The second kappa shape index (κ2) is 6.14. The Hall–Kier alpha value is -1.91. The van der Waals surface area contributed by atoms with Crippen molar-refractivity contribution in [3.8, 4) is 0 Å². The molecule has 1 aromatic carbocycles. The molecule has 5 nitrogen and oxygen atoms in total. The Morgan fingerprint density at radius 1 is 1.33 bits per heavy atom. The van der Waals surface area contributed by atoms with Crippen LogP contribution < -0.4 is 5.32 Å². The third kappa shape index (κ3) is 3.55. The highest BCUT2D eigenvalue weighted by atomic mass is 16.6. The lowest BCUT2D eigenvalue weighted by molar-refractivity contribution is -0.384. The monoisotopic (exact) mass is 250 g/mol. The molecule has 1 N–H and O–H groups in total. The largest absolute Gasteiger partial charge is 0.326 e. The molecule has 0 spiro atoms. The van der Waals surface area contributed by atoms with Crippen LogP contribution in [0.5, 0.6) is 0 Å². The van der Waals surface area contributed by atoms with Crippen LogP contribution >= 0.6 is 0 Å². The molecule has 0 aliphatic rings. The SMILES string of the molecule is CCCCC(=O)Nc1c(C)cc([N+](=O)[O-])cc1C. The molecule has 0 bridgehead atoms. The number of anilines is 1. The zero-order chi connectivity index (χ0) is 13.7. The van der Waals surface area contributed by atoms with Gasteiger partial charge in [0, 0.05) is 24.2 Å². The number of carbonyl (C=O) groups is 1. The van der Waals surface area contributed by atoms with E-state index in [0.717, 1.165) is 12.8 Å². The van der Waals surface area contributed by atoms with Gasteiger partial charge >= 0.3 is 0 Å². The number of benzene rings is 1. The fourth-order valence-electron chi connectivity index (χ4n) is 1.78. The Morgan fingerprint density at radius 3 is 2.33 bits per heavy atom. The van der Waals surface area contributed by atoms with E-state index < -0.39 is 4.92 Å². The van der Waals surface area contributed by atoms with Gasteiger partial charge in [0.1, 0.15) is 0 Å². The lowest BCUT2D eigenvalue weighted by Crippen LogP contribution is -2.13. The topological polar surface area (TPSA) is 72.2 Å². The van der Waals surface area contributed by atoms with Gasteiger partial charge in [-0.2, -0.15) is 0 Å². The van der Waals surface area contributed by atoms with E-state index in [0.29, 0.717) is 23.2 Å². The van der Waals surface area contributed by atoms with Crippen LogP contribution in [0.3, 0.4) is 0 Å². The normalized spacial score (nSPS) is 10.2. The van der Waals surface area contributed by atoms with E-state index in [1.807, 2.05) is 6.92 Å². The predicted octanol–water partition coefficient (Wildman–Crippen LogP) is 3.34. The number of unbranched alkanes of at least 4 members (excludes halogenated alkanes) is 1. The number of nitrogens with one attached hydrogen (secondary N) is 1. The first-order chi connectivity index (χ1) is 8.45. The summed E-state index contributed by atoms with van der Waals surface area (Å²) in [6, 6.07) is 2.95. The molecule has 0 aliphatic carbocycles. The average molecular weight is 250 g/mol. The van der Waals surface area contributed by atoms with E-state index in [4.69, 9.17) is 0 Å². The van der Waals surface area contributed by atoms with E-state index in [9.17, 15) is 14.9 Å². The van der Waals surface area contributed by atoms with Gasteiger partial charge in [-0.05, 0) is 31.4 Å². The van der Waals surface area contributed by atoms with Gasteiger partial charge in [-0.15, -0.1) is 0 Å². The third-order valence-electron chi connectivity index (χ3n) is 2.75. The van der Waals surface area contributed by atoms with Crippen molar-refractivity contribution in [1.82, 2.24) is 0 Å². The van der Waals surface area contributed by atoms with Gasteiger partial charge in [0.15, 0.2) is 0 Å². The number of nitro benzene ring substituents is 1. The summed E-state index contributed by atoms with van der Waals surface area (Å²) in [4.78, 5) is 21.9. The van der Waals surface area contributed by atoms with Crippen LogP contribution in [0, 0.1) is 24.0 Å². The molecule has 0 aliphatic heterocycles. The molecule has 1 amide bonds. The van der Waals surface area contributed by atoms with Gasteiger partial charge in [0.25, 0.3) is 5.69 Å². The van der Waals surface area contributed by atoms with Crippen LogP contribution in [0.15, 0.2) is 12.1 Å². The Balaban J connectivity index is 2.90. The van der Waals surface area contributed by atoms with E-state index >= 15 is 0 Å². The van der Waals surface area contributed by atoms with Gasteiger partial charge < -0.3 is 5.32 Å². The molecule has 18 heavy (non-hydrogen) atoms. The summed E-state index contributed by atoms with van der Waals surface area (Å²) >= 11 is 0. The number of nitro groups is 1. The quantitative estimate of drug-likeness (QED) is 0.643. The molecular formula is C13H18N2O3. The summed E-state index contributed by atoms with van der Waals surface area (Å²) < 4.78 is 0. The standard InChI is InChI=1S/C13H18N2O3/c1-4-5-6-12(16)14-13-9(2)7-11(15(17)18)8-10(13)3/h7-8H,4-6H2,1-3H3,(H,14,16). The van der Waals surface area contributed by atoms with E-state index in [-0.39, 0.29) is 11.6 Å². The molecule has 0 saturated heterocycles. The molecular weight excluding hydrogens is 232 g/mol. The molecule has 0 radical (unpaired) electrons. The smallest absolute Gasteiger partial charge is 0.270 e. The maximum atomic E-state index is 11.6. The molecule has 0 aromatic heterocycles. The predicted molar refractivity (Wildman–Crippen MR) is 70.7 cm³/mol. The van der Waals surface area contributed by atoms with Gasteiger partial charge in [0.2, 0.25) is 5.91 Å². The zero-order valence-electron chi connectivity index (χ0n) is 10.9. The van der Waals surface area contributed by atoms with Crippen LogP contribution in [-0.4, -0.2) is 10.8 Å². The van der Waals surface area contributed by atoms with E-state index in [2.05, 4.69) is 5.32 Å². The average Bonchev–Trinajstić information content (AvgIpc) is 2.30. The maximum Gasteiger partial charge on any atom is 0.270 e. The van der Waals surface area contributed by atoms with Gasteiger partial charge in [-0.1, -0.05) is 13.3 Å². The number of hydrogen-bond donors (Lipinski definition) is 1. The van der Waals surface area contributed by atoms with Gasteiger partial charge in [-0.3, -0.25) is 14.9 Å². The maximum absolute atomic E-state index is 11.6. The summed E-state index contributed by atoms with van der Waals surface area (Å²) in [6.07, 6.45) is 2.29. The first-order valence-electron chi connectivity index (χ1n) is 6.01. The molecule has 0 unspecified atom stereocenters. The van der Waals surface area contributed by atoms with Gasteiger partial charge in [0.05, 0.1) is 4.92 Å². The second-order valence-corrected chi connectivity index (χ2v) is 4.36. The first kappa shape index (κ1) is 14.2. The van der Waals surface area contributed by atoms with Crippen molar-refractivity contribution >= 4 is 17.3 Å². The molecule has 1 aromatic rings. The molecule has 0 saturated carbocycles. The summed E-state index contributed by atoms with van der Waals surface area (Å²) in [6.45, 7) is 5.54. The number of rotatable bonds is 5. The van der Waals surface area contributed by atoms with Crippen LogP contribution in [0.1, 0.15) is 37.3 Å². The van der Waals surface area contributed by atoms with Crippen molar-refractivity contribution in [3.05, 3.63) is 33.4 Å². The lowest BCUT2D eigenvalue weighted by Gasteiger charge is -2.11. The summed E-state index contributed by atoms with van der Waals surface area (Å²) in [7, 11) is 0. The minimum Gasteiger partial charge on any atom is -0.326 e. The highest BCUT2D eigenvalue weighted by molar-refractivity contribution is 5.92. The second-order valence-electron chi connectivity index (χ2n) is 4.36. The number of nitrogens with zero attached hydrogens (tertiary/aromatic N) is 1. The number of carbonyl (C=O) groups excluding carboxylic acids is 1. The van der Waals surface area contributed by atoms with Crippen LogP contribution in [0.25, 0.3) is 0 Å². The van der Waals surface area contributed by atoms with Gasteiger partial charge in [-0.25, -0.2) is 0 Å². The third-order valence-corrected chi connectivity index (χ3v) is 2.75. The Labute approximate surface area is 106 Å². The first-order valence-corrected chi connectivity index (χ1v) is 6.01. The van der Waals surface area contributed by atoms with Crippen molar-refractivity contribution in [1.29, 1.82) is 0 Å². The fraction of sp³-hybridized carbons (Fsp3) is 0.462. The summed E-state index contributed by atoms with van der Waals surface area (Å²) in [5.74, 6) is -0.0445. The molecule has 1 rings (SSSR count). The van der Waals surface area contributed by atoms with Crippen molar-refractivity contribution in [2.24, 2.45) is 0 Å². The summed E-state index contributed by atoms with van der Waals surface area (Å²) in [5, 5.41) is 13.5.